The number of para-hydroxylation sites is 1. The van der Waals surface area contributed by atoms with E-state index in [1.165, 1.54) is 11.8 Å². The van der Waals surface area contributed by atoms with Gasteiger partial charge in [-0.25, -0.2) is 4.98 Å². The van der Waals surface area contributed by atoms with E-state index in [9.17, 15) is 4.79 Å². The summed E-state index contributed by atoms with van der Waals surface area (Å²) >= 11 is 6.32. The Kier molecular flexibility index (Phi) is 8.26. The lowest BCUT2D eigenvalue weighted by molar-refractivity contribution is 0.0342. The van der Waals surface area contributed by atoms with Gasteiger partial charge in [-0.1, -0.05) is 35.9 Å². The minimum absolute atomic E-state index is 0.137. The van der Waals surface area contributed by atoms with E-state index < -0.39 is 0 Å². The second-order valence-corrected chi connectivity index (χ2v) is 8.16. The zero-order valence-electron chi connectivity index (χ0n) is 18.6. The predicted octanol–water partition coefficient (Wildman–Crippen LogP) is 3.17. The van der Waals surface area contributed by atoms with Crippen molar-refractivity contribution >= 4 is 40.6 Å². The van der Waals surface area contributed by atoms with Gasteiger partial charge in [-0.15, -0.1) is 0 Å². The Balaban J connectivity index is 1.44. The molecule has 4 rings (SSSR count). The molecule has 0 spiro atoms. The van der Waals surface area contributed by atoms with Crippen molar-refractivity contribution in [2.75, 3.05) is 50.1 Å². The number of hydrogen-bond acceptors (Lipinski definition) is 8. The summed E-state index contributed by atoms with van der Waals surface area (Å²) in [7, 11) is 0. The fraction of sp³-hybridized carbons (Fsp3) is 0.292. The van der Waals surface area contributed by atoms with Crippen LogP contribution in [0.5, 0.6) is 0 Å². The maximum absolute atomic E-state index is 12.4. The van der Waals surface area contributed by atoms with Crippen molar-refractivity contribution in [3.63, 3.8) is 0 Å². The predicted molar refractivity (Wildman–Crippen MR) is 132 cm³/mol. The van der Waals surface area contributed by atoms with Crippen molar-refractivity contribution < 1.29 is 14.6 Å². The lowest BCUT2D eigenvalue weighted by Crippen LogP contribution is -2.35. The highest BCUT2D eigenvalue weighted by molar-refractivity contribution is 6.33. The quantitative estimate of drug-likeness (QED) is 0.368. The highest BCUT2D eigenvalue weighted by Gasteiger charge is 2.14. The Bertz CT molecular complexity index is 1110. The Morgan fingerprint density at radius 2 is 1.85 bits per heavy atom. The Morgan fingerprint density at radius 3 is 2.62 bits per heavy atom. The van der Waals surface area contributed by atoms with Gasteiger partial charge in [0, 0.05) is 31.9 Å². The van der Waals surface area contributed by atoms with E-state index in [4.69, 9.17) is 21.4 Å². The minimum atomic E-state index is -0.308. The lowest BCUT2D eigenvalue weighted by Gasteiger charge is -2.26. The summed E-state index contributed by atoms with van der Waals surface area (Å²) in [5.74, 6) is 0.429. The largest absolute Gasteiger partial charge is 0.395 e. The molecule has 1 fully saturated rings. The molecule has 4 N–H and O–H groups in total. The molecule has 10 heteroatoms. The molecule has 0 unspecified atom stereocenters. The smallest absolute Gasteiger partial charge is 0.253 e. The number of morpholine rings is 1. The summed E-state index contributed by atoms with van der Waals surface area (Å²) in [6, 6.07) is 15.1. The van der Waals surface area contributed by atoms with Crippen LogP contribution in [0.3, 0.4) is 0 Å². The molecule has 2 aromatic carbocycles. The van der Waals surface area contributed by atoms with Crippen LogP contribution in [0.15, 0.2) is 54.7 Å². The number of anilines is 4. The fourth-order valence-electron chi connectivity index (χ4n) is 3.54. The fourth-order valence-corrected chi connectivity index (χ4v) is 3.68. The maximum atomic E-state index is 12.4. The van der Waals surface area contributed by atoms with E-state index >= 15 is 0 Å². The monoisotopic (exact) mass is 482 g/mol. The highest BCUT2D eigenvalue weighted by atomic mass is 35.5. The molecule has 1 amide bonds. The van der Waals surface area contributed by atoms with Gasteiger partial charge < -0.3 is 25.8 Å². The van der Waals surface area contributed by atoms with Crippen LogP contribution in [0.1, 0.15) is 15.9 Å². The molecule has 0 aliphatic carbocycles. The van der Waals surface area contributed by atoms with Crippen molar-refractivity contribution in [2.45, 2.75) is 6.54 Å². The molecule has 34 heavy (non-hydrogen) atoms. The van der Waals surface area contributed by atoms with Crippen LogP contribution in [0.4, 0.5) is 23.1 Å². The summed E-state index contributed by atoms with van der Waals surface area (Å²) < 4.78 is 5.40. The van der Waals surface area contributed by atoms with Crippen LogP contribution >= 0.6 is 11.6 Å². The molecule has 2 heterocycles. The average molecular weight is 483 g/mol. The number of aliphatic hydroxyl groups excluding tert-OH is 1. The first-order valence-corrected chi connectivity index (χ1v) is 11.4. The molecule has 9 nitrogen and oxygen atoms in total. The Labute approximate surface area is 203 Å². The Morgan fingerprint density at radius 1 is 1.09 bits per heavy atom. The number of hydrogen-bond donors (Lipinski definition) is 4. The summed E-state index contributed by atoms with van der Waals surface area (Å²) in [6.07, 6.45) is 1.50. The van der Waals surface area contributed by atoms with Crippen molar-refractivity contribution in [3.8, 4) is 0 Å². The first kappa shape index (κ1) is 23.9. The van der Waals surface area contributed by atoms with Crippen LogP contribution in [0.25, 0.3) is 0 Å². The maximum Gasteiger partial charge on any atom is 0.253 e. The third-order valence-electron chi connectivity index (χ3n) is 5.29. The van der Waals surface area contributed by atoms with Gasteiger partial charge in [0.05, 0.1) is 37.3 Å². The molecule has 0 saturated carbocycles. The van der Waals surface area contributed by atoms with Gasteiger partial charge in [-0.3, -0.25) is 9.69 Å². The van der Waals surface area contributed by atoms with Gasteiger partial charge in [0.15, 0.2) is 5.82 Å². The van der Waals surface area contributed by atoms with Crippen molar-refractivity contribution in [1.82, 2.24) is 20.2 Å². The molecule has 1 saturated heterocycles. The second-order valence-electron chi connectivity index (χ2n) is 7.75. The number of benzene rings is 2. The third-order valence-corrected chi connectivity index (χ3v) is 5.56. The number of rotatable bonds is 9. The molecule has 1 aliphatic rings. The van der Waals surface area contributed by atoms with Crippen molar-refractivity contribution in [1.29, 1.82) is 0 Å². The average Bonchev–Trinajstić information content (AvgIpc) is 2.87. The summed E-state index contributed by atoms with van der Waals surface area (Å²) in [4.78, 5) is 23.5. The second kappa shape index (κ2) is 11.8. The number of ether oxygens (including phenoxy) is 1. The number of nitrogens with one attached hydrogen (secondary N) is 3. The minimum Gasteiger partial charge on any atom is -0.395 e. The molecule has 0 radical (unpaired) electrons. The molecular weight excluding hydrogens is 456 g/mol. The van der Waals surface area contributed by atoms with E-state index in [0.29, 0.717) is 28.0 Å². The summed E-state index contributed by atoms with van der Waals surface area (Å²) in [5.41, 5.74) is 3.03. The first-order chi connectivity index (χ1) is 16.6. The lowest BCUT2D eigenvalue weighted by atomic mass is 10.1. The van der Waals surface area contributed by atoms with E-state index in [1.54, 1.807) is 24.3 Å². The number of aliphatic hydroxyl groups is 1. The van der Waals surface area contributed by atoms with Crippen LogP contribution in [-0.4, -0.2) is 65.3 Å². The Hall–Kier alpha value is -3.24. The zero-order valence-corrected chi connectivity index (χ0v) is 19.4. The molecule has 3 aromatic rings. The summed E-state index contributed by atoms with van der Waals surface area (Å²) in [6.45, 7) is 4.37. The van der Waals surface area contributed by atoms with Crippen LogP contribution in [-0.2, 0) is 11.3 Å². The number of halogens is 1. The van der Waals surface area contributed by atoms with Gasteiger partial charge in [-0.2, -0.15) is 4.98 Å². The number of amides is 1. The van der Waals surface area contributed by atoms with E-state index in [0.717, 1.165) is 38.5 Å². The first-order valence-electron chi connectivity index (χ1n) is 11.1. The normalized spacial score (nSPS) is 13.9. The topological polar surface area (TPSA) is 112 Å². The molecule has 1 aromatic heterocycles. The van der Waals surface area contributed by atoms with Crippen LogP contribution < -0.4 is 16.0 Å². The third kappa shape index (κ3) is 6.42. The highest BCUT2D eigenvalue weighted by Crippen LogP contribution is 2.27. The SMILES string of the molecule is O=C(NCCO)c1ccccc1Nc1nc(Nc2ccc(CN3CCOCC3)cc2)ncc1Cl. The van der Waals surface area contributed by atoms with Gasteiger partial charge in [0.25, 0.3) is 5.91 Å². The van der Waals surface area contributed by atoms with Gasteiger partial charge in [0.2, 0.25) is 5.95 Å². The number of aromatic nitrogens is 2. The van der Waals surface area contributed by atoms with Crippen molar-refractivity contribution in [3.05, 3.63) is 70.9 Å². The number of nitrogens with zero attached hydrogens (tertiary/aromatic N) is 3. The molecular formula is C24H27ClN6O3. The van der Waals surface area contributed by atoms with E-state index in [1.807, 2.05) is 12.1 Å². The van der Waals surface area contributed by atoms with Gasteiger partial charge in [-0.05, 0) is 29.8 Å². The number of carbonyl (C=O) groups is 1. The molecule has 1 aliphatic heterocycles. The molecule has 0 bridgehead atoms. The van der Waals surface area contributed by atoms with Crippen molar-refractivity contribution in [2.24, 2.45) is 0 Å². The molecule has 0 atom stereocenters. The van der Waals surface area contributed by atoms with E-state index in [-0.39, 0.29) is 19.1 Å². The van der Waals surface area contributed by atoms with Crippen LogP contribution in [0, 0.1) is 0 Å². The number of carbonyl (C=O) groups excluding carboxylic acids is 1. The van der Waals surface area contributed by atoms with E-state index in [2.05, 4.69) is 43.0 Å². The standard InChI is InChI=1S/C24H27ClN6O3/c25-20-15-27-24(28-18-7-5-17(6-8-18)16-31-10-13-34-14-11-31)30-22(20)29-21-4-2-1-3-19(21)23(33)26-9-12-32/h1-8,15,32H,9-14,16H2,(H,26,33)(H2,27,28,29,30). The van der Waals surface area contributed by atoms with Gasteiger partial charge >= 0.3 is 0 Å². The van der Waals surface area contributed by atoms with Crippen LogP contribution in [0.2, 0.25) is 5.02 Å². The molecule has 178 valence electrons. The zero-order chi connectivity index (χ0) is 23.8. The van der Waals surface area contributed by atoms with Gasteiger partial charge in [0.1, 0.15) is 5.02 Å². The summed E-state index contributed by atoms with van der Waals surface area (Å²) in [5, 5.41) is 18.2.